The number of hydrogen-bond donors (Lipinski definition) is 2. The minimum atomic E-state index is -0.0896. The van der Waals surface area contributed by atoms with E-state index in [9.17, 15) is 9.59 Å². The van der Waals surface area contributed by atoms with E-state index in [4.69, 9.17) is 4.42 Å². The maximum Gasteiger partial charge on any atom is 0.317 e. The third-order valence-electron chi connectivity index (χ3n) is 4.41. The van der Waals surface area contributed by atoms with Crippen molar-refractivity contribution in [2.24, 2.45) is 11.8 Å². The summed E-state index contributed by atoms with van der Waals surface area (Å²) < 4.78 is 5.18. The van der Waals surface area contributed by atoms with E-state index < -0.39 is 0 Å². The zero-order valence-electron chi connectivity index (χ0n) is 12.7. The number of urea groups is 1. The highest BCUT2D eigenvalue weighted by Crippen LogP contribution is 2.28. The van der Waals surface area contributed by atoms with Crippen LogP contribution in [0.3, 0.4) is 0 Å². The summed E-state index contributed by atoms with van der Waals surface area (Å²) in [4.78, 5) is 25.9. The normalized spacial score (nSPS) is 19.0. The highest BCUT2D eigenvalue weighted by molar-refractivity contribution is 5.79. The molecular weight excluding hydrogens is 282 g/mol. The molecule has 0 unspecified atom stereocenters. The van der Waals surface area contributed by atoms with Crippen molar-refractivity contribution in [2.45, 2.75) is 32.2 Å². The van der Waals surface area contributed by atoms with Crippen LogP contribution in [0.4, 0.5) is 4.79 Å². The van der Waals surface area contributed by atoms with Gasteiger partial charge in [0, 0.05) is 25.6 Å². The molecule has 6 heteroatoms. The predicted octanol–water partition coefficient (Wildman–Crippen LogP) is 1.73. The van der Waals surface area contributed by atoms with Crippen LogP contribution >= 0.6 is 0 Å². The number of piperidine rings is 1. The molecule has 0 spiro atoms. The molecule has 1 aliphatic heterocycles. The lowest BCUT2D eigenvalue weighted by Crippen LogP contribution is -2.46. The summed E-state index contributed by atoms with van der Waals surface area (Å²) >= 11 is 0. The van der Waals surface area contributed by atoms with Crippen molar-refractivity contribution in [1.29, 1.82) is 0 Å². The maximum atomic E-state index is 12.1. The first-order valence-corrected chi connectivity index (χ1v) is 8.05. The van der Waals surface area contributed by atoms with Gasteiger partial charge in [0.15, 0.2) is 0 Å². The molecule has 2 N–H and O–H groups in total. The molecule has 3 amide bonds. The number of carbonyl (C=O) groups excluding carboxylic acids is 2. The summed E-state index contributed by atoms with van der Waals surface area (Å²) in [5.41, 5.74) is 0. The second-order valence-corrected chi connectivity index (χ2v) is 6.19. The van der Waals surface area contributed by atoms with Gasteiger partial charge in [0.1, 0.15) is 5.76 Å². The van der Waals surface area contributed by atoms with E-state index in [1.165, 1.54) is 12.8 Å². The molecule has 1 aromatic heterocycles. The number of carbonyl (C=O) groups is 2. The molecule has 1 aliphatic carbocycles. The van der Waals surface area contributed by atoms with Gasteiger partial charge in [-0.1, -0.05) is 0 Å². The zero-order valence-corrected chi connectivity index (χ0v) is 12.7. The van der Waals surface area contributed by atoms with E-state index in [0.717, 1.165) is 25.1 Å². The van der Waals surface area contributed by atoms with E-state index in [-0.39, 0.29) is 17.9 Å². The van der Waals surface area contributed by atoms with E-state index in [1.54, 1.807) is 17.2 Å². The molecule has 22 heavy (non-hydrogen) atoms. The Morgan fingerprint density at radius 3 is 2.59 bits per heavy atom. The van der Waals surface area contributed by atoms with Crippen molar-refractivity contribution in [3.63, 3.8) is 0 Å². The smallest absolute Gasteiger partial charge is 0.317 e. The first-order chi connectivity index (χ1) is 10.7. The Kier molecular flexibility index (Phi) is 4.65. The number of likely N-dealkylation sites (tertiary alicyclic amines) is 1. The van der Waals surface area contributed by atoms with Crippen molar-refractivity contribution < 1.29 is 14.0 Å². The van der Waals surface area contributed by atoms with Crippen molar-refractivity contribution in [2.75, 3.05) is 19.6 Å². The summed E-state index contributed by atoms with van der Waals surface area (Å²) in [6.45, 7) is 2.48. The molecule has 0 radical (unpaired) electrons. The van der Waals surface area contributed by atoms with Crippen LogP contribution in [0.15, 0.2) is 22.8 Å². The topological polar surface area (TPSA) is 74.6 Å². The Bertz CT molecular complexity index is 503. The summed E-state index contributed by atoms with van der Waals surface area (Å²) in [6, 6.07) is 3.54. The second-order valence-electron chi connectivity index (χ2n) is 6.19. The lowest BCUT2D eigenvalue weighted by molar-refractivity contribution is -0.126. The molecule has 1 aromatic rings. The van der Waals surface area contributed by atoms with Crippen LogP contribution in [-0.4, -0.2) is 36.5 Å². The molecule has 3 rings (SSSR count). The summed E-state index contributed by atoms with van der Waals surface area (Å²) in [7, 11) is 0. The van der Waals surface area contributed by atoms with Gasteiger partial charge in [-0.15, -0.1) is 0 Å². The molecule has 6 nitrogen and oxygen atoms in total. The largest absolute Gasteiger partial charge is 0.467 e. The fourth-order valence-corrected chi connectivity index (χ4v) is 2.74. The monoisotopic (exact) mass is 305 g/mol. The second kappa shape index (κ2) is 6.85. The Labute approximate surface area is 130 Å². The molecule has 1 saturated carbocycles. The molecule has 1 saturated heterocycles. The zero-order chi connectivity index (χ0) is 15.4. The van der Waals surface area contributed by atoms with Gasteiger partial charge in [-0.2, -0.15) is 0 Å². The first kappa shape index (κ1) is 14.9. The first-order valence-electron chi connectivity index (χ1n) is 8.05. The van der Waals surface area contributed by atoms with Crippen LogP contribution in [0.1, 0.15) is 31.4 Å². The fourth-order valence-electron chi connectivity index (χ4n) is 2.74. The number of nitrogens with zero attached hydrogens (tertiary/aromatic N) is 1. The number of amides is 3. The SMILES string of the molecule is O=C(NCC1CC1)C1CCN(C(=O)NCc2ccco2)CC1. The van der Waals surface area contributed by atoms with Gasteiger partial charge in [-0.05, 0) is 43.7 Å². The van der Waals surface area contributed by atoms with E-state index in [1.807, 2.05) is 6.07 Å². The Morgan fingerprint density at radius 1 is 1.18 bits per heavy atom. The van der Waals surface area contributed by atoms with Gasteiger partial charge in [0.25, 0.3) is 0 Å². The van der Waals surface area contributed by atoms with E-state index >= 15 is 0 Å². The third-order valence-corrected chi connectivity index (χ3v) is 4.41. The molecule has 0 atom stereocenters. The fraction of sp³-hybridized carbons (Fsp3) is 0.625. The standard InChI is InChI=1S/C16H23N3O3/c20-15(17-10-12-3-4-12)13-5-7-19(8-6-13)16(21)18-11-14-2-1-9-22-14/h1-2,9,12-13H,3-8,10-11H2,(H,17,20)(H,18,21). The molecule has 2 fully saturated rings. The Hall–Kier alpha value is -1.98. The third kappa shape index (κ3) is 4.02. The van der Waals surface area contributed by atoms with Gasteiger partial charge in [0.2, 0.25) is 5.91 Å². The van der Waals surface area contributed by atoms with Crippen LogP contribution in [0.25, 0.3) is 0 Å². The summed E-state index contributed by atoms with van der Waals surface area (Å²) in [5.74, 6) is 1.65. The predicted molar refractivity (Wildman–Crippen MR) is 81.0 cm³/mol. The molecule has 120 valence electrons. The van der Waals surface area contributed by atoms with Crippen LogP contribution in [0.5, 0.6) is 0 Å². The van der Waals surface area contributed by atoms with Crippen molar-refractivity contribution >= 4 is 11.9 Å². The van der Waals surface area contributed by atoms with Gasteiger partial charge >= 0.3 is 6.03 Å². The van der Waals surface area contributed by atoms with Gasteiger partial charge in [-0.25, -0.2) is 4.79 Å². The van der Waals surface area contributed by atoms with E-state index in [2.05, 4.69) is 10.6 Å². The average molecular weight is 305 g/mol. The minimum Gasteiger partial charge on any atom is -0.467 e. The highest BCUT2D eigenvalue weighted by Gasteiger charge is 2.28. The Balaban J connectivity index is 1.36. The molecule has 2 heterocycles. The van der Waals surface area contributed by atoms with Gasteiger partial charge < -0.3 is 20.0 Å². The van der Waals surface area contributed by atoms with Crippen molar-refractivity contribution in [1.82, 2.24) is 15.5 Å². The quantitative estimate of drug-likeness (QED) is 0.870. The van der Waals surface area contributed by atoms with Crippen LogP contribution in [0.2, 0.25) is 0 Å². The number of nitrogens with one attached hydrogen (secondary N) is 2. The van der Waals surface area contributed by atoms with Gasteiger partial charge in [-0.3, -0.25) is 4.79 Å². The molecule has 0 bridgehead atoms. The summed E-state index contributed by atoms with van der Waals surface area (Å²) in [6.07, 6.45) is 5.56. The number of hydrogen-bond acceptors (Lipinski definition) is 3. The molecular formula is C16H23N3O3. The maximum absolute atomic E-state index is 12.1. The summed E-state index contributed by atoms with van der Waals surface area (Å²) in [5, 5.41) is 5.87. The number of rotatable bonds is 5. The minimum absolute atomic E-state index is 0.0490. The van der Waals surface area contributed by atoms with Crippen molar-refractivity contribution in [3.8, 4) is 0 Å². The van der Waals surface area contributed by atoms with Gasteiger partial charge in [0.05, 0.1) is 12.8 Å². The lowest BCUT2D eigenvalue weighted by atomic mass is 9.96. The van der Waals surface area contributed by atoms with E-state index in [0.29, 0.717) is 25.6 Å². The van der Waals surface area contributed by atoms with Crippen LogP contribution < -0.4 is 10.6 Å². The molecule has 0 aromatic carbocycles. The molecule has 2 aliphatic rings. The highest BCUT2D eigenvalue weighted by atomic mass is 16.3. The average Bonchev–Trinajstić information content (AvgIpc) is 3.24. The van der Waals surface area contributed by atoms with Crippen molar-refractivity contribution in [3.05, 3.63) is 24.2 Å². The Morgan fingerprint density at radius 2 is 1.95 bits per heavy atom. The lowest BCUT2D eigenvalue weighted by Gasteiger charge is -2.31. The number of furan rings is 1. The van der Waals surface area contributed by atoms with Crippen LogP contribution in [-0.2, 0) is 11.3 Å². The van der Waals surface area contributed by atoms with Crippen LogP contribution in [0, 0.1) is 11.8 Å².